The van der Waals surface area contributed by atoms with E-state index < -0.39 is 0 Å². The molecule has 0 saturated heterocycles. The van der Waals surface area contributed by atoms with Crippen LogP contribution in [0.1, 0.15) is 39.0 Å². The largest absolute Gasteiger partial charge is 0.496 e. The van der Waals surface area contributed by atoms with Gasteiger partial charge >= 0.3 is 0 Å². The normalized spacial score (nSPS) is 13.0. The van der Waals surface area contributed by atoms with Crippen molar-refractivity contribution in [3.8, 4) is 11.5 Å². The molecule has 0 unspecified atom stereocenters. The number of allylic oxidation sites excluding steroid dienone is 2. The number of benzene rings is 3. The predicted octanol–water partition coefficient (Wildman–Crippen LogP) is 6.52. The number of alkyl halides is 1. The van der Waals surface area contributed by atoms with Gasteiger partial charge in [0.1, 0.15) is 11.5 Å². The maximum Gasteiger partial charge on any atom is 0.193 e. The second kappa shape index (κ2) is 9.52. The Morgan fingerprint density at radius 3 is 2.48 bits per heavy atom. The van der Waals surface area contributed by atoms with Crippen molar-refractivity contribution >= 4 is 32.9 Å². The van der Waals surface area contributed by atoms with Crippen molar-refractivity contribution in [3.63, 3.8) is 0 Å². The SMILES string of the molecule is COc1ccc(C2=C(C(=O)c3ccc(OCCBr)cc3)c3ccccc3CC2)cc1C. The summed E-state index contributed by atoms with van der Waals surface area (Å²) < 4.78 is 11.1. The minimum Gasteiger partial charge on any atom is -0.496 e. The minimum atomic E-state index is 0.0441. The summed E-state index contributed by atoms with van der Waals surface area (Å²) in [4.78, 5) is 13.7. The number of aryl methyl sites for hydroxylation is 2. The van der Waals surface area contributed by atoms with Crippen molar-refractivity contribution in [2.24, 2.45) is 0 Å². The summed E-state index contributed by atoms with van der Waals surface area (Å²) in [6.45, 7) is 2.62. The Morgan fingerprint density at radius 1 is 1.00 bits per heavy atom. The van der Waals surface area contributed by atoms with Gasteiger partial charge in [0.25, 0.3) is 0 Å². The zero-order chi connectivity index (χ0) is 21.8. The third-order valence-corrected chi connectivity index (χ3v) is 5.99. The number of Topliss-reactive ketones (excluding diaryl/α,β-unsaturated/α-hetero) is 1. The van der Waals surface area contributed by atoms with E-state index in [1.807, 2.05) is 49.4 Å². The van der Waals surface area contributed by atoms with E-state index in [4.69, 9.17) is 9.47 Å². The van der Waals surface area contributed by atoms with E-state index in [1.165, 1.54) is 5.56 Å². The standard InChI is InChI=1S/C27H25BrO3/c1-18-17-21(10-14-25(18)30-2)24-13-9-19-5-3-4-6-23(19)26(24)27(29)20-7-11-22(12-8-20)31-16-15-28/h3-8,10-12,14,17H,9,13,15-16H2,1-2H3. The first-order valence-corrected chi connectivity index (χ1v) is 11.5. The molecular weight excluding hydrogens is 452 g/mol. The van der Waals surface area contributed by atoms with Gasteiger partial charge in [-0.15, -0.1) is 0 Å². The van der Waals surface area contributed by atoms with Crippen LogP contribution in [0, 0.1) is 6.92 Å². The molecule has 0 N–H and O–H groups in total. The average Bonchev–Trinajstić information content (AvgIpc) is 2.81. The van der Waals surface area contributed by atoms with Crippen LogP contribution in [0.15, 0.2) is 66.7 Å². The van der Waals surface area contributed by atoms with E-state index >= 15 is 0 Å². The number of hydrogen-bond acceptors (Lipinski definition) is 3. The van der Waals surface area contributed by atoms with E-state index in [2.05, 4.69) is 40.2 Å². The molecule has 1 aliphatic rings. The zero-order valence-electron chi connectivity index (χ0n) is 17.8. The topological polar surface area (TPSA) is 35.5 Å². The molecule has 1 aliphatic carbocycles. The number of rotatable bonds is 7. The third-order valence-electron chi connectivity index (χ3n) is 5.67. The lowest BCUT2D eigenvalue weighted by Crippen LogP contribution is -2.12. The second-order valence-electron chi connectivity index (χ2n) is 7.59. The summed E-state index contributed by atoms with van der Waals surface area (Å²) in [7, 11) is 1.68. The Balaban J connectivity index is 1.80. The second-order valence-corrected chi connectivity index (χ2v) is 8.38. The summed E-state index contributed by atoms with van der Waals surface area (Å²) in [6, 6.07) is 21.8. The fourth-order valence-electron chi connectivity index (χ4n) is 4.15. The first kappa shape index (κ1) is 21.4. The van der Waals surface area contributed by atoms with Crippen molar-refractivity contribution in [3.05, 3.63) is 94.5 Å². The molecular formula is C27H25BrO3. The molecule has 0 amide bonds. The van der Waals surface area contributed by atoms with Crippen LogP contribution in [0.5, 0.6) is 11.5 Å². The minimum absolute atomic E-state index is 0.0441. The predicted molar refractivity (Wildman–Crippen MR) is 129 cm³/mol. The average molecular weight is 477 g/mol. The van der Waals surface area contributed by atoms with Crippen molar-refractivity contribution < 1.29 is 14.3 Å². The molecule has 3 nitrogen and oxygen atoms in total. The smallest absolute Gasteiger partial charge is 0.193 e. The number of fused-ring (bicyclic) bond motifs is 1. The molecule has 0 aliphatic heterocycles. The lowest BCUT2D eigenvalue weighted by molar-refractivity contribution is 0.105. The van der Waals surface area contributed by atoms with E-state index in [0.29, 0.717) is 12.2 Å². The molecule has 0 fully saturated rings. The van der Waals surface area contributed by atoms with Crippen LogP contribution in [0.3, 0.4) is 0 Å². The molecule has 158 valence electrons. The lowest BCUT2D eigenvalue weighted by Gasteiger charge is -2.24. The highest BCUT2D eigenvalue weighted by Crippen LogP contribution is 2.39. The fraction of sp³-hybridized carbons (Fsp3) is 0.222. The number of methoxy groups -OCH3 is 1. The van der Waals surface area contributed by atoms with Crippen LogP contribution < -0.4 is 9.47 Å². The maximum absolute atomic E-state index is 13.7. The van der Waals surface area contributed by atoms with Gasteiger partial charge in [-0.1, -0.05) is 46.3 Å². The number of carbonyl (C=O) groups is 1. The maximum atomic E-state index is 13.7. The van der Waals surface area contributed by atoms with Gasteiger partial charge < -0.3 is 9.47 Å². The highest BCUT2D eigenvalue weighted by Gasteiger charge is 2.26. The quantitative estimate of drug-likeness (QED) is 0.287. The van der Waals surface area contributed by atoms with E-state index in [1.54, 1.807) is 7.11 Å². The summed E-state index contributed by atoms with van der Waals surface area (Å²) >= 11 is 3.36. The van der Waals surface area contributed by atoms with Gasteiger partial charge in [0.05, 0.1) is 13.7 Å². The summed E-state index contributed by atoms with van der Waals surface area (Å²) in [5.74, 6) is 1.66. The monoisotopic (exact) mass is 476 g/mol. The highest BCUT2D eigenvalue weighted by molar-refractivity contribution is 9.09. The molecule has 3 aromatic rings. The van der Waals surface area contributed by atoms with E-state index in [0.717, 1.165) is 57.5 Å². The Hall–Kier alpha value is -2.85. The van der Waals surface area contributed by atoms with Crippen molar-refractivity contribution in [2.75, 3.05) is 19.0 Å². The molecule has 0 aromatic heterocycles. The molecule has 0 atom stereocenters. The van der Waals surface area contributed by atoms with Crippen molar-refractivity contribution in [1.82, 2.24) is 0 Å². The molecule has 0 spiro atoms. The van der Waals surface area contributed by atoms with Crippen LogP contribution in [0.25, 0.3) is 11.1 Å². The van der Waals surface area contributed by atoms with Gasteiger partial charge in [-0.05, 0) is 84.0 Å². The summed E-state index contributed by atoms with van der Waals surface area (Å²) in [5.41, 5.74) is 6.94. The number of ketones is 1. The molecule has 4 heteroatoms. The Labute approximate surface area is 191 Å². The van der Waals surface area contributed by atoms with E-state index in [9.17, 15) is 4.79 Å². The van der Waals surface area contributed by atoms with Crippen LogP contribution in [0.2, 0.25) is 0 Å². The fourth-order valence-corrected chi connectivity index (χ4v) is 4.31. The van der Waals surface area contributed by atoms with Crippen LogP contribution >= 0.6 is 15.9 Å². The van der Waals surface area contributed by atoms with Gasteiger partial charge in [-0.2, -0.15) is 0 Å². The van der Waals surface area contributed by atoms with Gasteiger partial charge in [0.15, 0.2) is 5.78 Å². The van der Waals surface area contributed by atoms with Crippen LogP contribution in [0.4, 0.5) is 0 Å². The van der Waals surface area contributed by atoms with Gasteiger partial charge in [-0.25, -0.2) is 0 Å². The van der Waals surface area contributed by atoms with Gasteiger partial charge in [-0.3, -0.25) is 4.79 Å². The highest BCUT2D eigenvalue weighted by atomic mass is 79.9. The van der Waals surface area contributed by atoms with Gasteiger partial charge in [0.2, 0.25) is 0 Å². The first-order valence-electron chi connectivity index (χ1n) is 10.4. The van der Waals surface area contributed by atoms with Crippen LogP contribution in [-0.4, -0.2) is 24.8 Å². The number of carbonyl (C=O) groups excluding carboxylic acids is 1. The molecule has 0 radical (unpaired) electrons. The Bertz CT molecular complexity index is 1130. The zero-order valence-corrected chi connectivity index (χ0v) is 19.4. The third kappa shape index (κ3) is 4.45. The van der Waals surface area contributed by atoms with Crippen LogP contribution in [-0.2, 0) is 6.42 Å². The van der Waals surface area contributed by atoms with E-state index in [-0.39, 0.29) is 5.78 Å². The number of ether oxygens (including phenoxy) is 2. The molecule has 0 bridgehead atoms. The number of halogens is 1. The van der Waals surface area contributed by atoms with Crippen molar-refractivity contribution in [2.45, 2.75) is 19.8 Å². The summed E-state index contributed by atoms with van der Waals surface area (Å²) in [6.07, 6.45) is 1.75. The first-order chi connectivity index (χ1) is 15.1. The molecule has 4 rings (SSSR count). The van der Waals surface area contributed by atoms with Crippen molar-refractivity contribution in [1.29, 1.82) is 0 Å². The Morgan fingerprint density at radius 2 is 1.77 bits per heavy atom. The Kier molecular flexibility index (Phi) is 6.57. The number of hydrogen-bond donors (Lipinski definition) is 0. The molecule has 3 aromatic carbocycles. The lowest BCUT2D eigenvalue weighted by atomic mass is 9.79. The molecule has 0 saturated carbocycles. The molecule has 0 heterocycles. The van der Waals surface area contributed by atoms with Gasteiger partial charge in [0, 0.05) is 16.5 Å². The molecule has 31 heavy (non-hydrogen) atoms. The summed E-state index contributed by atoms with van der Waals surface area (Å²) in [5, 5.41) is 0.766.